The second kappa shape index (κ2) is 8.39. The molecule has 5 nitrogen and oxygen atoms in total. The number of hydrogen-bond donors (Lipinski definition) is 2. The molecule has 0 saturated heterocycles. The topological polar surface area (TPSA) is 74.1 Å². The van der Waals surface area contributed by atoms with E-state index in [4.69, 9.17) is 4.74 Å². The molecule has 1 amide bonds. The highest BCUT2D eigenvalue weighted by Gasteiger charge is 2.09. The van der Waals surface area contributed by atoms with Crippen LogP contribution in [0.3, 0.4) is 0 Å². The van der Waals surface area contributed by atoms with E-state index in [0.717, 1.165) is 17.0 Å². The average molecular weight is 321 g/mol. The van der Waals surface area contributed by atoms with Crippen molar-refractivity contribution in [2.75, 3.05) is 17.2 Å². The maximum Gasteiger partial charge on any atom is 0.267 e. The number of aryl methyl sites for hydroxylation is 1. The van der Waals surface area contributed by atoms with Gasteiger partial charge in [0, 0.05) is 17.6 Å². The number of ether oxygens (including phenoxy) is 1. The summed E-state index contributed by atoms with van der Waals surface area (Å²) < 4.78 is 5.36. The molecule has 0 fully saturated rings. The number of rotatable bonds is 6. The van der Waals surface area contributed by atoms with Crippen LogP contribution in [0.25, 0.3) is 0 Å². The Hall–Kier alpha value is -3.26. The van der Waals surface area contributed by atoms with Crippen LogP contribution in [-0.4, -0.2) is 12.5 Å². The molecular formula is C19H19N3O2. The van der Waals surface area contributed by atoms with E-state index in [0.29, 0.717) is 12.3 Å². The van der Waals surface area contributed by atoms with Gasteiger partial charge in [0.05, 0.1) is 6.61 Å². The SMILES string of the molecule is CCOc1ccc(N/C=C(/C#N)C(=O)Nc2ccc(C)cc2)cc1. The molecule has 0 saturated carbocycles. The standard InChI is InChI=1S/C19H19N3O2/c1-3-24-18-10-8-16(9-11-18)21-13-15(12-20)19(23)22-17-6-4-14(2)5-7-17/h4-11,13,21H,3H2,1-2H3,(H,22,23)/b15-13-. The quantitative estimate of drug-likeness (QED) is 0.626. The number of benzene rings is 2. The molecule has 2 rings (SSSR count). The van der Waals surface area contributed by atoms with E-state index in [-0.39, 0.29) is 5.57 Å². The van der Waals surface area contributed by atoms with Gasteiger partial charge in [0.25, 0.3) is 5.91 Å². The van der Waals surface area contributed by atoms with Gasteiger partial charge in [-0.1, -0.05) is 17.7 Å². The monoisotopic (exact) mass is 321 g/mol. The van der Waals surface area contributed by atoms with Crippen LogP contribution >= 0.6 is 0 Å². The Bertz CT molecular complexity index is 757. The van der Waals surface area contributed by atoms with E-state index >= 15 is 0 Å². The minimum atomic E-state index is -0.459. The van der Waals surface area contributed by atoms with Gasteiger partial charge in [-0.25, -0.2) is 0 Å². The highest BCUT2D eigenvalue weighted by Crippen LogP contribution is 2.16. The Morgan fingerprint density at radius 2 is 1.75 bits per heavy atom. The van der Waals surface area contributed by atoms with Crippen molar-refractivity contribution in [1.82, 2.24) is 0 Å². The van der Waals surface area contributed by atoms with Gasteiger partial charge in [0.15, 0.2) is 0 Å². The molecule has 122 valence electrons. The molecule has 24 heavy (non-hydrogen) atoms. The summed E-state index contributed by atoms with van der Waals surface area (Å²) in [6.45, 7) is 4.48. The highest BCUT2D eigenvalue weighted by molar-refractivity contribution is 6.06. The van der Waals surface area contributed by atoms with Gasteiger partial charge < -0.3 is 15.4 Å². The lowest BCUT2D eigenvalue weighted by atomic mass is 10.2. The minimum absolute atomic E-state index is 0.00976. The summed E-state index contributed by atoms with van der Waals surface area (Å²) in [6, 6.07) is 16.5. The molecule has 0 aliphatic carbocycles. The largest absolute Gasteiger partial charge is 0.494 e. The fourth-order valence-corrected chi connectivity index (χ4v) is 1.95. The maximum absolute atomic E-state index is 12.1. The van der Waals surface area contributed by atoms with Crippen LogP contribution in [0.2, 0.25) is 0 Å². The lowest BCUT2D eigenvalue weighted by Crippen LogP contribution is -2.14. The van der Waals surface area contributed by atoms with Crippen molar-refractivity contribution in [3.05, 3.63) is 65.9 Å². The number of nitrogens with one attached hydrogen (secondary N) is 2. The van der Waals surface area contributed by atoms with Crippen LogP contribution in [0.4, 0.5) is 11.4 Å². The lowest BCUT2D eigenvalue weighted by molar-refractivity contribution is -0.112. The van der Waals surface area contributed by atoms with Gasteiger partial charge in [0.1, 0.15) is 17.4 Å². The van der Waals surface area contributed by atoms with E-state index < -0.39 is 5.91 Å². The first-order valence-electron chi connectivity index (χ1n) is 7.60. The molecular weight excluding hydrogens is 302 g/mol. The number of hydrogen-bond acceptors (Lipinski definition) is 4. The van der Waals surface area contributed by atoms with Crippen molar-refractivity contribution < 1.29 is 9.53 Å². The van der Waals surface area contributed by atoms with E-state index in [1.807, 2.05) is 56.3 Å². The first-order valence-corrected chi connectivity index (χ1v) is 7.60. The second-order valence-corrected chi connectivity index (χ2v) is 5.09. The third kappa shape index (κ3) is 4.89. The molecule has 0 radical (unpaired) electrons. The average Bonchev–Trinajstić information content (AvgIpc) is 2.59. The van der Waals surface area contributed by atoms with Crippen LogP contribution in [0.15, 0.2) is 60.3 Å². The Morgan fingerprint density at radius 1 is 1.12 bits per heavy atom. The van der Waals surface area contributed by atoms with E-state index in [1.54, 1.807) is 12.1 Å². The number of amides is 1. The summed E-state index contributed by atoms with van der Waals surface area (Å²) in [5, 5.41) is 14.8. The minimum Gasteiger partial charge on any atom is -0.494 e. The first-order chi connectivity index (χ1) is 11.6. The van der Waals surface area contributed by atoms with Crippen LogP contribution in [0.1, 0.15) is 12.5 Å². The van der Waals surface area contributed by atoms with E-state index in [2.05, 4.69) is 10.6 Å². The van der Waals surface area contributed by atoms with Crippen LogP contribution in [0.5, 0.6) is 5.75 Å². The zero-order valence-corrected chi connectivity index (χ0v) is 13.7. The molecule has 2 aromatic rings. The molecule has 0 heterocycles. The predicted octanol–water partition coefficient (Wildman–Crippen LogP) is 3.85. The Morgan fingerprint density at radius 3 is 2.33 bits per heavy atom. The summed E-state index contributed by atoms with van der Waals surface area (Å²) in [7, 11) is 0. The van der Waals surface area contributed by atoms with Gasteiger partial charge >= 0.3 is 0 Å². The van der Waals surface area contributed by atoms with E-state index in [9.17, 15) is 10.1 Å². The molecule has 0 aliphatic heterocycles. The second-order valence-electron chi connectivity index (χ2n) is 5.09. The molecule has 0 bridgehead atoms. The van der Waals surface area contributed by atoms with Gasteiger partial charge in [-0.3, -0.25) is 4.79 Å². The fourth-order valence-electron chi connectivity index (χ4n) is 1.95. The normalized spacial score (nSPS) is 10.6. The van der Waals surface area contributed by atoms with Gasteiger partial charge in [-0.2, -0.15) is 5.26 Å². The molecule has 0 aromatic heterocycles. The van der Waals surface area contributed by atoms with Crippen LogP contribution in [-0.2, 0) is 4.79 Å². The summed E-state index contributed by atoms with van der Waals surface area (Å²) in [5.41, 5.74) is 2.49. The number of carbonyl (C=O) groups is 1. The predicted molar refractivity (Wildman–Crippen MR) is 94.7 cm³/mol. The van der Waals surface area contributed by atoms with Crippen LogP contribution in [0, 0.1) is 18.3 Å². The molecule has 0 aliphatic rings. The summed E-state index contributed by atoms with van der Waals surface area (Å²) in [6.07, 6.45) is 1.39. The Labute approximate surface area is 141 Å². The van der Waals surface area contributed by atoms with Crippen LogP contribution < -0.4 is 15.4 Å². The number of nitriles is 1. The zero-order valence-electron chi connectivity index (χ0n) is 13.7. The van der Waals surface area contributed by atoms with Crippen molar-refractivity contribution in [3.8, 4) is 11.8 Å². The van der Waals surface area contributed by atoms with Gasteiger partial charge in [0.2, 0.25) is 0 Å². The summed E-state index contributed by atoms with van der Waals surface area (Å²) in [5.74, 6) is 0.310. The van der Waals surface area contributed by atoms with Crippen molar-refractivity contribution >= 4 is 17.3 Å². The van der Waals surface area contributed by atoms with Crippen molar-refractivity contribution in [2.24, 2.45) is 0 Å². The van der Waals surface area contributed by atoms with Gasteiger partial charge in [-0.05, 0) is 50.2 Å². The third-order valence-corrected chi connectivity index (χ3v) is 3.22. The number of nitrogens with zero attached hydrogens (tertiary/aromatic N) is 1. The Kier molecular flexibility index (Phi) is 5.98. The molecule has 5 heteroatoms. The molecule has 0 spiro atoms. The molecule has 2 aromatic carbocycles. The Balaban J connectivity index is 2.01. The molecule has 2 N–H and O–H groups in total. The van der Waals surface area contributed by atoms with Gasteiger partial charge in [-0.15, -0.1) is 0 Å². The first kappa shape index (κ1) is 17.1. The number of carbonyl (C=O) groups excluding carboxylic acids is 1. The number of anilines is 2. The fraction of sp³-hybridized carbons (Fsp3) is 0.158. The summed E-state index contributed by atoms with van der Waals surface area (Å²) in [4.78, 5) is 12.1. The smallest absolute Gasteiger partial charge is 0.267 e. The lowest BCUT2D eigenvalue weighted by Gasteiger charge is -2.06. The van der Waals surface area contributed by atoms with Crippen molar-refractivity contribution in [3.63, 3.8) is 0 Å². The molecule has 0 atom stereocenters. The van der Waals surface area contributed by atoms with E-state index in [1.165, 1.54) is 6.20 Å². The van der Waals surface area contributed by atoms with Crippen molar-refractivity contribution in [1.29, 1.82) is 5.26 Å². The maximum atomic E-state index is 12.1. The zero-order chi connectivity index (χ0) is 17.4. The third-order valence-electron chi connectivity index (χ3n) is 3.22. The van der Waals surface area contributed by atoms with Crippen molar-refractivity contribution in [2.45, 2.75) is 13.8 Å². The molecule has 0 unspecified atom stereocenters. The summed E-state index contributed by atoms with van der Waals surface area (Å²) >= 11 is 0. The highest BCUT2D eigenvalue weighted by atomic mass is 16.5.